The Morgan fingerprint density at radius 3 is 2.78 bits per heavy atom. The lowest BCUT2D eigenvalue weighted by atomic mass is 9.90. The smallest absolute Gasteiger partial charge is 0.315 e. The van der Waals surface area contributed by atoms with Crippen LogP contribution in [0.15, 0.2) is 12.4 Å². The van der Waals surface area contributed by atoms with Crippen molar-refractivity contribution in [3.63, 3.8) is 0 Å². The zero-order valence-electron chi connectivity index (χ0n) is 11.2. The summed E-state index contributed by atoms with van der Waals surface area (Å²) in [5.41, 5.74) is 0.864. The molecule has 1 heterocycles. The molecular weight excluding hydrogens is 232 g/mol. The number of carbonyl (C=O) groups excluding carboxylic acids is 1. The van der Waals surface area contributed by atoms with Crippen LogP contribution in [0.2, 0.25) is 0 Å². The molecule has 0 spiro atoms. The fourth-order valence-electron chi connectivity index (χ4n) is 1.52. The Morgan fingerprint density at radius 1 is 1.50 bits per heavy atom. The van der Waals surface area contributed by atoms with E-state index >= 15 is 0 Å². The van der Waals surface area contributed by atoms with Gasteiger partial charge in [0, 0.05) is 38.5 Å². The van der Waals surface area contributed by atoms with Crippen molar-refractivity contribution in [1.29, 1.82) is 0 Å². The highest BCUT2D eigenvalue weighted by Gasteiger charge is 2.17. The molecule has 0 aliphatic carbocycles. The molecule has 0 saturated heterocycles. The molecule has 6 nitrogen and oxygen atoms in total. The number of aryl methyl sites for hydroxylation is 1. The molecule has 6 heteroatoms. The van der Waals surface area contributed by atoms with E-state index in [0.29, 0.717) is 19.5 Å². The first-order chi connectivity index (χ1) is 8.43. The van der Waals surface area contributed by atoms with Crippen LogP contribution in [0.5, 0.6) is 0 Å². The zero-order chi connectivity index (χ0) is 13.6. The molecule has 0 aliphatic heterocycles. The molecule has 0 saturated carbocycles. The first kappa shape index (κ1) is 14.5. The van der Waals surface area contributed by atoms with Gasteiger partial charge in [-0.3, -0.25) is 4.68 Å². The number of nitrogens with one attached hydrogen (secondary N) is 2. The number of aliphatic hydroxyl groups excluding tert-OH is 1. The van der Waals surface area contributed by atoms with Crippen molar-refractivity contribution in [2.45, 2.75) is 26.8 Å². The van der Waals surface area contributed by atoms with Gasteiger partial charge in [0.1, 0.15) is 0 Å². The van der Waals surface area contributed by atoms with E-state index < -0.39 is 0 Å². The third-order valence-corrected chi connectivity index (χ3v) is 2.73. The predicted molar refractivity (Wildman–Crippen MR) is 68.9 cm³/mol. The molecule has 0 radical (unpaired) electrons. The highest BCUT2D eigenvalue weighted by Crippen LogP contribution is 2.17. The molecule has 0 aliphatic rings. The van der Waals surface area contributed by atoms with Gasteiger partial charge in [0.25, 0.3) is 0 Å². The van der Waals surface area contributed by atoms with Gasteiger partial charge >= 0.3 is 6.03 Å². The van der Waals surface area contributed by atoms with E-state index in [4.69, 9.17) is 5.11 Å². The molecule has 0 atom stereocenters. The van der Waals surface area contributed by atoms with E-state index in [1.807, 2.05) is 27.1 Å². The highest BCUT2D eigenvalue weighted by atomic mass is 16.3. The molecule has 0 aromatic carbocycles. The van der Waals surface area contributed by atoms with Crippen molar-refractivity contribution >= 4 is 6.03 Å². The van der Waals surface area contributed by atoms with Crippen LogP contribution in [0.3, 0.4) is 0 Å². The van der Waals surface area contributed by atoms with Crippen molar-refractivity contribution in [3.8, 4) is 0 Å². The number of aliphatic hydroxyl groups is 1. The summed E-state index contributed by atoms with van der Waals surface area (Å²) in [5, 5.41) is 18.5. The molecule has 1 rings (SSSR count). The van der Waals surface area contributed by atoms with Crippen LogP contribution in [-0.4, -0.2) is 34.1 Å². The minimum absolute atomic E-state index is 0.0968. The fraction of sp³-hybridized carbons (Fsp3) is 0.667. The quantitative estimate of drug-likeness (QED) is 0.696. The summed E-state index contributed by atoms with van der Waals surface area (Å²) in [6, 6.07) is -0.204. The van der Waals surface area contributed by atoms with Crippen LogP contribution in [0.1, 0.15) is 25.8 Å². The summed E-state index contributed by atoms with van der Waals surface area (Å²) < 4.78 is 1.69. The third kappa shape index (κ3) is 5.18. The summed E-state index contributed by atoms with van der Waals surface area (Å²) in [6.07, 6.45) is 4.24. The van der Waals surface area contributed by atoms with Crippen LogP contribution in [0.4, 0.5) is 4.79 Å². The molecule has 18 heavy (non-hydrogen) atoms. The Labute approximate surface area is 107 Å². The van der Waals surface area contributed by atoms with Gasteiger partial charge in [0.15, 0.2) is 0 Å². The first-order valence-corrected chi connectivity index (χ1v) is 6.03. The topological polar surface area (TPSA) is 79.2 Å². The van der Waals surface area contributed by atoms with E-state index in [9.17, 15) is 4.79 Å². The average molecular weight is 254 g/mol. The number of aromatic nitrogens is 2. The van der Waals surface area contributed by atoms with Gasteiger partial charge in [-0.25, -0.2) is 4.79 Å². The largest absolute Gasteiger partial charge is 0.396 e. The second kappa shape index (κ2) is 6.39. The van der Waals surface area contributed by atoms with Crippen molar-refractivity contribution < 1.29 is 9.90 Å². The monoisotopic (exact) mass is 254 g/mol. The van der Waals surface area contributed by atoms with E-state index in [1.54, 1.807) is 10.9 Å². The fourth-order valence-corrected chi connectivity index (χ4v) is 1.52. The third-order valence-electron chi connectivity index (χ3n) is 2.73. The summed E-state index contributed by atoms with van der Waals surface area (Å²) in [5.74, 6) is 0. The summed E-state index contributed by atoms with van der Waals surface area (Å²) >= 11 is 0. The number of hydrogen-bond donors (Lipinski definition) is 3. The maximum Gasteiger partial charge on any atom is 0.315 e. The number of carbonyl (C=O) groups is 1. The summed E-state index contributed by atoms with van der Waals surface area (Å²) in [6.45, 7) is 5.13. The highest BCUT2D eigenvalue weighted by molar-refractivity contribution is 5.73. The van der Waals surface area contributed by atoms with Crippen molar-refractivity contribution in [2.75, 3.05) is 13.2 Å². The van der Waals surface area contributed by atoms with Gasteiger partial charge in [-0.1, -0.05) is 13.8 Å². The van der Waals surface area contributed by atoms with Gasteiger partial charge in [0.2, 0.25) is 0 Å². The lowest BCUT2D eigenvalue weighted by Gasteiger charge is -2.23. The van der Waals surface area contributed by atoms with Gasteiger partial charge in [-0.05, 0) is 11.8 Å². The summed E-state index contributed by atoms with van der Waals surface area (Å²) in [4.78, 5) is 11.6. The number of urea groups is 1. The molecule has 0 unspecified atom stereocenters. The summed E-state index contributed by atoms with van der Waals surface area (Å²) in [7, 11) is 1.83. The maximum atomic E-state index is 11.6. The molecule has 1 aromatic rings. The van der Waals surface area contributed by atoms with Crippen LogP contribution in [0, 0.1) is 5.41 Å². The lowest BCUT2D eigenvalue weighted by Crippen LogP contribution is -2.40. The molecule has 1 aromatic heterocycles. The van der Waals surface area contributed by atoms with E-state index in [2.05, 4.69) is 15.7 Å². The van der Waals surface area contributed by atoms with E-state index in [1.165, 1.54) is 0 Å². The van der Waals surface area contributed by atoms with Crippen LogP contribution < -0.4 is 10.6 Å². The SMILES string of the molecule is Cn1cc(CNC(=O)NCC(C)(C)CCO)cn1. The molecule has 102 valence electrons. The molecule has 2 amide bonds. The minimum Gasteiger partial charge on any atom is -0.396 e. The molecular formula is C12H22N4O2. The second-order valence-corrected chi connectivity index (χ2v) is 5.20. The van der Waals surface area contributed by atoms with Gasteiger partial charge in [0.05, 0.1) is 6.20 Å². The Hall–Kier alpha value is -1.56. The number of nitrogens with zero attached hydrogens (tertiary/aromatic N) is 2. The van der Waals surface area contributed by atoms with Crippen molar-refractivity contribution in [3.05, 3.63) is 18.0 Å². The number of amides is 2. The van der Waals surface area contributed by atoms with E-state index in [0.717, 1.165) is 5.56 Å². The lowest BCUT2D eigenvalue weighted by molar-refractivity contribution is 0.201. The van der Waals surface area contributed by atoms with Gasteiger partial charge in [-0.15, -0.1) is 0 Å². The normalized spacial score (nSPS) is 11.3. The zero-order valence-corrected chi connectivity index (χ0v) is 11.2. The Morgan fingerprint density at radius 2 is 2.22 bits per heavy atom. The molecule has 3 N–H and O–H groups in total. The standard InChI is InChI=1S/C12H22N4O2/c1-12(2,4-5-17)9-14-11(18)13-6-10-7-15-16(3)8-10/h7-8,17H,4-6,9H2,1-3H3,(H2,13,14,18). The van der Waals surface area contributed by atoms with Gasteiger partial charge in [-0.2, -0.15) is 5.10 Å². The molecule has 0 bridgehead atoms. The van der Waals surface area contributed by atoms with Crippen LogP contribution >= 0.6 is 0 Å². The maximum absolute atomic E-state index is 11.6. The Bertz CT molecular complexity index is 387. The first-order valence-electron chi connectivity index (χ1n) is 6.03. The van der Waals surface area contributed by atoms with E-state index in [-0.39, 0.29) is 18.1 Å². The molecule has 0 fully saturated rings. The van der Waals surface area contributed by atoms with Crippen molar-refractivity contribution in [2.24, 2.45) is 12.5 Å². The average Bonchev–Trinajstić information content (AvgIpc) is 2.70. The van der Waals surface area contributed by atoms with Gasteiger partial charge < -0.3 is 15.7 Å². The van der Waals surface area contributed by atoms with Crippen molar-refractivity contribution in [1.82, 2.24) is 20.4 Å². The number of hydrogen-bond acceptors (Lipinski definition) is 3. The van der Waals surface area contributed by atoms with Crippen LogP contribution in [-0.2, 0) is 13.6 Å². The van der Waals surface area contributed by atoms with Crippen LogP contribution in [0.25, 0.3) is 0 Å². The Kier molecular flexibility index (Phi) is 5.15. The Balaban J connectivity index is 2.26. The second-order valence-electron chi connectivity index (χ2n) is 5.20. The number of rotatable bonds is 6. The minimum atomic E-state index is -0.204. The predicted octanol–water partition coefficient (Wildman–Crippen LogP) is 0.628.